The Morgan fingerprint density at radius 2 is 2.11 bits per heavy atom. The molecule has 98 valence electrons. The molecule has 4 heteroatoms. The molecule has 0 radical (unpaired) electrons. The van der Waals surface area contributed by atoms with Gasteiger partial charge in [-0.2, -0.15) is 0 Å². The minimum absolute atomic E-state index is 0.0272. The number of hydrogen-bond acceptors (Lipinski definition) is 2. The van der Waals surface area contributed by atoms with E-state index in [0.717, 1.165) is 21.3 Å². The van der Waals surface area contributed by atoms with Crippen LogP contribution in [0.25, 0.3) is 0 Å². The lowest BCUT2D eigenvalue weighted by Gasteiger charge is -2.09. The van der Waals surface area contributed by atoms with Crippen molar-refractivity contribution in [3.8, 4) is 0 Å². The average Bonchev–Trinajstić information content (AvgIpc) is 2.37. The SMILES string of the molecule is Cc1ccc(C)c(CC(=O)Nc2ccncc2Br)c1. The second-order valence-corrected chi connectivity index (χ2v) is 5.36. The zero-order valence-corrected chi connectivity index (χ0v) is 12.5. The Hall–Kier alpha value is -1.68. The lowest BCUT2D eigenvalue weighted by Crippen LogP contribution is -2.15. The lowest BCUT2D eigenvalue weighted by molar-refractivity contribution is -0.115. The molecule has 0 atom stereocenters. The quantitative estimate of drug-likeness (QED) is 0.938. The molecule has 1 heterocycles. The van der Waals surface area contributed by atoms with Gasteiger partial charge in [-0.05, 0) is 47.0 Å². The maximum Gasteiger partial charge on any atom is 0.228 e. The first kappa shape index (κ1) is 13.7. The number of benzene rings is 1. The van der Waals surface area contributed by atoms with Gasteiger partial charge in [-0.25, -0.2) is 0 Å². The van der Waals surface area contributed by atoms with E-state index in [4.69, 9.17) is 0 Å². The van der Waals surface area contributed by atoms with Crippen LogP contribution >= 0.6 is 15.9 Å². The third-order valence-electron chi connectivity index (χ3n) is 2.90. The molecule has 2 rings (SSSR count). The Bertz CT molecular complexity index is 611. The second kappa shape index (κ2) is 5.97. The molecular formula is C15H15BrN2O. The van der Waals surface area contributed by atoms with Crippen LogP contribution in [-0.4, -0.2) is 10.9 Å². The van der Waals surface area contributed by atoms with Gasteiger partial charge in [-0.3, -0.25) is 9.78 Å². The Kier molecular flexibility index (Phi) is 4.32. The molecule has 1 aromatic heterocycles. The smallest absolute Gasteiger partial charge is 0.228 e. The summed E-state index contributed by atoms with van der Waals surface area (Å²) in [5, 5.41) is 2.88. The van der Waals surface area contributed by atoms with Crippen LogP contribution in [0.5, 0.6) is 0 Å². The number of hydrogen-bond donors (Lipinski definition) is 1. The Morgan fingerprint density at radius 1 is 1.32 bits per heavy atom. The van der Waals surface area contributed by atoms with Gasteiger partial charge in [-0.15, -0.1) is 0 Å². The Morgan fingerprint density at radius 3 is 2.84 bits per heavy atom. The van der Waals surface area contributed by atoms with Crippen LogP contribution in [0.2, 0.25) is 0 Å². The summed E-state index contributed by atoms with van der Waals surface area (Å²) >= 11 is 3.36. The molecule has 0 spiro atoms. The van der Waals surface area contributed by atoms with E-state index in [1.165, 1.54) is 5.56 Å². The molecule has 0 unspecified atom stereocenters. The number of aryl methyl sites for hydroxylation is 2. The summed E-state index contributed by atoms with van der Waals surface area (Å²) in [7, 11) is 0. The molecule has 1 amide bonds. The van der Waals surface area contributed by atoms with E-state index < -0.39 is 0 Å². The van der Waals surface area contributed by atoms with Crippen molar-refractivity contribution in [1.82, 2.24) is 4.98 Å². The number of nitrogens with one attached hydrogen (secondary N) is 1. The van der Waals surface area contributed by atoms with Crippen molar-refractivity contribution in [3.63, 3.8) is 0 Å². The standard InChI is InChI=1S/C15H15BrN2O/c1-10-3-4-11(2)12(7-10)8-15(19)18-14-5-6-17-9-13(14)16/h3-7,9H,8H2,1-2H3,(H,17,18,19). The third kappa shape index (κ3) is 3.64. The monoisotopic (exact) mass is 318 g/mol. The molecule has 0 saturated carbocycles. The third-order valence-corrected chi connectivity index (χ3v) is 3.53. The summed E-state index contributed by atoms with van der Waals surface area (Å²) in [6.07, 6.45) is 3.69. The fraction of sp³-hybridized carbons (Fsp3) is 0.200. The number of aromatic nitrogens is 1. The van der Waals surface area contributed by atoms with Gasteiger partial charge in [0.2, 0.25) is 5.91 Å². The molecule has 0 aliphatic heterocycles. The second-order valence-electron chi connectivity index (χ2n) is 4.51. The number of amides is 1. The minimum Gasteiger partial charge on any atom is -0.325 e. The highest BCUT2D eigenvalue weighted by molar-refractivity contribution is 9.10. The van der Waals surface area contributed by atoms with E-state index in [9.17, 15) is 4.79 Å². The first-order chi connectivity index (χ1) is 9.06. The molecule has 0 bridgehead atoms. The van der Waals surface area contributed by atoms with Crippen molar-refractivity contribution in [3.05, 3.63) is 57.8 Å². The highest BCUT2D eigenvalue weighted by Gasteiger charge is 2.08. The van der Waals surface area contributed by atoms with E-state index in [-0.39, 0.29) is 5.91 Å². The largest absolute Gasteiger partial charge is 0.325 e. The van der Waals surface area contributed by atoms with E-state index >= 15 is 0 Å². The predicted octanol–water partition coefficient (Wildman–Crippen LogP) is 3.64. The lowest BCUT2D eigenvalue weighted by atomic mass is 10.0. The number of anilines is 1. The molecule has 0 fully saturated rings. The van der Waals surface area contributed by atoms with Crippen molar-refractivity contribution in [2.45, 2.75) is 20.3 Å². The van der Waals surface area contributed by atoms with Crippen molar-refractivity contribution < 1.29 is 4.79 Å². The summed E-state index contributed by atoms with van der Waals surface area (Å²) in [6, 6.07) is 7.91. The summed E-state index contributed by atoms with van der Waals surface area (Å²) < 4.78 is 0.782. The van der Waals surface area contributed by atoms with E-state index in [1.54, 1.807) is 18.5 Å². The van der Waals surface area contributed by atoms with Crippen LogP contribution in [0.15, 0.2) is 41.1 Å². The zero-order valence-electron chi connectivity index (χ0n) is 10.9. The van der Waals surface area contributed by atoms with Gasteiger partial charge in [0.25, 0.3) is 0 Å². The predicted molar refractivity (Wildman–Crippen MR) is 80.2 cm³/mol. The van der Waals surface area contributed by atoms with E-state index in [1.807, 2.05) is 19.9 Å². The summed E-state index contributed by atoms with van der Waals surface area (Å²) in [5.74, 6) is -0.0272. The summed E-state index contributed by atoms with van der Waals surface area (Å²) in [4.78, 5) is 16.0. The van der Waals surface area contributed by atoms with Crippen LogP contribution in [0.3, 0.4) is 0 Å². The van der Waals surface area contributed by atoms with Crippen molar-refractivity contribution in [1.29, 1.82) is 0 Å². The average molecular weight is 319 g/mol. The summed E-state index contributed by atoms with van der Waals surface area (Å²) in [6.45, 7) is 4.05. The zero-order chi connectivity index (χ0) is 13.8. The van der Waals surface area contributed by atoms with Gasteiger partial charge in [0.15, 0.2) is 0 Å². The number of nitrogens with zero attached hydrogens (tertiary/aromatic N) is 1. The minimum atomic E-state index is -0.0272. The van der Waals surface area contributed by atoms with Gasteiger partial charge >= 0.3 is 0 Å². The number of pyridine rings is 1. The fourth-order valence-corrected chi connectivity index (χ4v) is 2.18. The van der Waals surface area contributed by atoms with Crippen LogP contribution in [-0.2, 0) is 11.2 Å². The maximum absolute atomic E-state index is 12.0. The number of carbonyl (C=O) groups is 1. The molecule has 0 aliphatic carbocycles. The van der Waals surface area contributed by atoms with Crippen LogP contribution < -0.4 is 5.32 Å². The number of carbonyl (C=O) groups excluding carboxylic acids is 1. The normalized spacial score (nSPS) is 10.3. The van der Waals surface area contributed by atoms with Crippen LogP contribution in [0.4, 0.5) is 5.69 Å². The number of rotatable bonds is 3. The highest BCUT2D eigenvalue weighted by atomic mass is 79.9. The van der Waals surface area contributed by atoms with Crippen molar-refractivity contribution in [2.75, 3.05) is 5.32 Å². The fourth-order valence-electron chi connectivity index (χ4n) is 1.83. The molecule has 0 aliphatic rings. The van der Waals surface area contributed by atoms with Gasteiger partial charge in [-0.1, -0.05) is 23.8 Å². The first-order valence-corrected chi connectivity index (χ1v) is 6.81. The van der Waals surface area contributed by atoms with Crippen molar-refractivity contribution in [2.24, 2.45) is 0 Å². The van der Waals surface area contributed by atoms with E-state index in [2.05, 4.69) is 38.4 Å². The maximum atomic E-state index is 12.0. The van der Waals surface area contributed by atoms with Gasteiger partial charge < -0.3 is 5.32 Å². The molecular weight excluding hydrogens is 304 g/mol. The summed E-state index contributed by atoms with van der Waals surface area (Å²) in [5.41, 5.74) is 4.10. The van der Waals surface area contributed by atoms with Crippen LogP contribution in [0.1, 0.15) is 16.7 Å². The first-order valence-electron chi connectivity index (χ1n) is 6.02. The van der Waals surface area contributed by atoms with Gasteiger partial charge in [0.1, 0.15) is 0 Å². The molecule has 3 nitrogen and oxygen atoms in total. The highest BCUT2D eigenvalue weighted by Crippen LogP contribution is 2.20. The number of halogens is 1. The molecule has 1 N–H and O–H groups in total. The van der Waals surface area contributed by atoms with E-state index in [0.29, 0.717) is 6.42 Å². The topological polar surface area (TPSA) is 42.0 Å². The molecule has 1 aromatic carbocycles. The van der Waals surface area contributed by atoms with Gasteiger partial charge in [0.05, 0.1) is 16.6 Å². The van der Waals surface area contributed by atoms with Crippen LogP contribution in [0, 0.1) is 13.8 Å². The van der Waals surface area contributed by atoms with Crippen molar-refractivity contribution >= 4 is 27.5 Å². The van der Waals surface area contributed by atoms with Gasteiger partial charge in [0, 0.05) is 12.4 Å². The molecule has 0 saturated heterocycles. The molecule has 2 aromatic rings. The molecule has 19 heavy (non-hydrogen) atoms. The Labute approximate surface area is 121 Å². The Balaban J connectivity index is 2.10.